The summed E-state index contributed by atoms with van der Waals surface area (Å²) >= 11 is 0. The lowest BCUT2D eigenvalue weighted by atomic mass is 9.85. The lowest BCUT2D eigenvalue weighted by molar-refractivity contribution is -0.384. The van der Waals surface area contributed by atoms with Crippen LogP contribution in [0.5, 0.6) is 0 Å². The summed E-state index contributed by atoms with van der Waals surface area (Å²) in [6.45, 7) is 8.65. The Balaban J connectivity index is 2.16. The summed E-state index contributed by atoms with van der Waals surface area (Å²) in [6.07, 6.45) is 1.55. The maximum absolute atomic E-state index is 13.0. The Kier molecular flexibility index (Phi) is 6.48. The van der Waals surface area contributed by atoms with E-state index in [0.29, 0.717) is 18.5 Å². The largest absolute Gasteiger partial charge is 0.507 e. The normalized spacial score (nSPS) is 18.2. The molecule has 2 aromatic carbocycles. The molecule has 3 rings (SSSR count). The summed E-state index contributed by atoms with van der Waals surface area (Å²) in [5, 5.41) is 22.2. The van der Waals surface area contributed by atoms with Crippen molar-refractivity contribution in [3.8, 4) is 0 Å². The molecule has 1 amide bonds. The van der Waals surface area contributed by atoms with Crippen molar-refractivity contribution in [2.45, 2.75) is 52.0 Å². The molecule has 1 heterocycles. The van der Waals surface area contributed by atoms with Gasteiger partial charge in [-0.25, -0.2) is 0 Å². The third kappa shape index (κ3) is 4.42. The van der Waals surface area contributed by atoms with Crippen LogP contribution in [-0.4, -0.2) is 33.2 Å². The van der Waals surface area contributed by atoms with E-state index in [2.05, 4.69) is 20.8 Å². The summed E-state index contributed by atoms with van der Waals surface area (Å²) in [4.78, 5) is 37.9. The molecule has 1 fully saturated rings. The first-order valence-electron chi connectivity index (χ1n) is 10.7. The average molecular weight is 437 g/mol. The number of carbonyl (C=O) groups is 2. The number of aliphatic hydroxyl groups is 1. The molecule has 0 aromatic heterocycles. The first-order valence-corrected chi connectivity index (χ1v) is 10.7. The smallest absolute Gasteiger partial charge is 0.295 e. The van der Waals surface area contributed by atoms with Crippen LogP contribution in [0.15, 0.2) is 54.1 Å². The van der Waals surface area contributed by atoms with Crippen molar-refractivity contribution >= 4 is 23.1 Å². The number of amides is 1. The Bertz CT molecular complexity index is 1080. The van der Waals surface area contributed by atoms with E-state index in [1.807, 2.05) is 31.2 Å². The van der Waals surface area contributed by atoms with Crippen LogP contribution in [0, 0.1) is 10.1 Å². The van der Waals surface area contributed by atoms with Gasteiger partial charge in [-0.15, -0.1) is 0 Å². The highest BCUT2D eigenvalue weighted by molar-refractivity contribution is 6.46. The number of ketones is 1. The summed E-state index contributed by atoms with van der Waals surface area (Å²) < 4.78 is 0. The van der Waals surface area contributed by atoms with Gasteiger partial charge in [-0.1, -0.05) is 70.5 Å². The number of Topliss-reactive ketones (excluding diaryl/α,β-unsaturated/α-hetero) is 1. The Morgan fingerprint density at radius 1 is 1.12 bits per heavy atom. The minimum atomic E-state index is -0.782. The summed E-state index contributed by atoms with van der Waals surface area (Å²) in [7, 11) is 0. The van der Waals surface area contributed by atoms with E-state index in [9.17, 15) is 24.8 Å². The zero-order valence-corrected chi connectivity index (χ0v) is 18.8. The van der Waals surface area contributed by atoms with Gasteiger partial charge in [-0.2, -0.15) is 0 Å². The molecule has 0 bridgehead atoms. The number of nitro benzene ring substituents is 1. The predicted molar refractivity (Wildman–Crippen MR) is 122 cm³/mol. The van der Waals surface area contributed by atoms with Gasteiger partial charge in [-0.05, 0) is 23.0 Å². The number of nitro groups is 1. The molecule has 0 aliphatic carbocycles. The van der Waals surface area contributed by atoms with Crippen LogP contribution in [0.4, 0.5) is 5.69 Å². The van der Waals surface area contributed by atoms with Gasteiger partial charge in [0.1, 0.15) is 5.76 Å². The van der Waals surface area contributed by atoms with Gasteiger partial charge in [0.05, 0.1) is 16.5 Å². The minimum absolute atomic E-state index is 0.0462. The van der Waals surface area contributed by atoms with Crippen LogP contribution in [0.3, 0.4) is 0 Å². The standard InChI is InChI=1S/C25H28N2O5/c1-5-6-14-26-21(16-10-12-18(13-11-16)25(2,3)4)20(23(29)24(26)30)22(28)17-8-7-9-19(15-17)27(31)32/h7-13,15,21,28H,5-6,14H2,1-4H3/b22-20-. The molecular weight excluding hydrogens is 408 g/mol. The van der Waals surface area contributed by atoms with Crippen molar-refractivity contribution in [3.05, 3.63) is 80.9 Å². The zero-order valence-electron chi connectivity index (χ0n) is 18.8. The molecule has 1 aliphatic heterocycles. The lowest BCUT2D eigenvalue weighted by Gasteiger charge is -2.26. The van der Waals surface area contributed by atoms with Crippen molar-refractivity contribution in [1.82, 2.24) is 4.90 Å². The molecule has 1 aliphatic rings. The Labute approximate surface area is 187 Å². The Morgan fingerprint density at radius 2 is 1.78 bits per heavy atom. The molecule has 2 aromatic rings. The van der Waals surface area contributed by atoms with Crippen LogP contribution in [0.2, 0.25) is 0 Å². The highest BCUT2D eigenvalue weighted by Gasteiger charge is 2.45. The van der Waals surface area contributed by atoms with E-state index < -0.39 is 28.4 Å². The first-order chi connectivity index (χ1) is 15.1. The van der Waals surface area contributed by atoms with Crippen LogP contribution >= 0.6 is 0 Å². The van der Waals surface area contributed by atoms with E-state index in [-0.39, 0.29) is 22.2 Å². The maximum atomic E-state index is 13.0. The number of aliphatic hydroxyl groups excluding tert-OH is 1. The Hall–Kier alpha value is -3.48. The van der Waals surface area contributed by atoms with E-state index in [1.54, 1.807) is 0 Å². The van der Waals surface area contributed by atoms with Crippen LogP contribution in [0.1, 0.15) is 63.3 Å². The first kappa shape index (κ1) is 23.2. The summed E-state index contributed by atoms with van der Waals surface area (Å²) in [6, 6.07) is 12.3. The molecule has 0 spiro atoms. The number of benzene rings is 2. The molecule has 168 valence electrons. The molecule has 0 saturated carbocycles. The molecule has 7 nitrogen and oxygen atoms in total. The third-order valence-corrected chi connectivity index (χ3v) is 5.72. The molecule has 0 radical (unpaired) electrons. The maximum Gasteiger partial charge on any atom is 0.295 e. The number of hydrogen-bond donors (Lipinski definition) is 1. The number of hydrogen-bond acceptors (Lipinski definition) is 5. The predicted octanol–water partition coefficient (Wildman–Crippen LogP) is 5.11. The molecule has 7 heteroatoms. The van der Waals surface area contributed by atoms with Gasteiger partial charge in [0.2, 0.25) is 0 Å². The van der Waals surface area contributed by atoms with E-state index in [4.69, 9.17) is 0 Å². The van der Waals surface area contributed by atoms with Crippen molar-refractivity contribution in [2.75, 3.05) is 6.54 Å². The van der Waals surface area contributed by atoms with Gasteiger partial charge >= 0.3 is 0 Å². The molecule has 1 unspecified atom stereocenters. The van der Waals surface area contributed by atoms with Crippen LogP contribution < -0.4 is 0 Å². The van der Waals surface area contributed by atoms with Crippen molar-refractivity contribution < 1.29 is 19.6 Å². The second-order valence-corrected chi connectivity index (χ2v) is 9.03. The molecule has 1 atom stereocenters. The van der Waals surface area contributed by atoms with Crippen molar-refractivity contribution in [2.24, 2.45) is 0 Å². The fourth-order valence-corrected chi connectivity index (χ4v) is 3.87. The number of nitrogens with zero attached hydrogens (tertiary/aromatic N) is 2. The number of unbranched alkanes of at least 4 members (excludes halogenated alkanes) is 1. The third-order valence-electron chi connectivity index (χ3n) is 5.72. The number of non-ortho nitro benzene ring substituents is 1. The second-order valence-electron chi connectivity index (χ2n) is 9.03. The quantitative estimate of drug-likeness (QED) is 0.223. The zero-order chi connectivity index (χ0) is 23.6. The molecular formula is C25H28N2O5. The van der Waals surface area contributed by atoms with Gasteiger partial charge < -0.3 is 10.0 Å². The summed E-state index contributed by atoms with van der Waals surface area (Å²) in [5.41, 5.74) is 1.62. The van der Waals surface area contributed by atoms with Crippen molar-refractivity contribution in [3.63, 3.8) is 0 Å². The van der Waals surface area contributed by atoms with Crippen LogP contribution in [-0.2, 0) is 15.0 Å². The highest BCUT2D eigenvalue weighted by atomic mass is 16.6. The van der Waals surface area contributed by atoms with E-state index >= 15 is 0 Å². The summed E-state index contributed by atoms with van der Waals surface area (Å²) in [5.74, 6) is -1.86. The fraction of sp³-hybridized carbons (Fsp3) is 0.360. The molecule has 32 heavy (non-hydrogen) atoms. The van der Waals surface area contributed by atoms with Crippen LogP contribution in [0.25, 0.3) is 5.76 Å². The van der Waals surface area contributed by atoms with E-state index in [0.717, 1.165) is 12.0 Å². The van der Waals surface area contributed by atoms with Gasteiger partial charge in [0.15, 0.2) is 0 Å². The fourth-order valence-electron chi connectivity index (χ4n) is 3.87. The van der Waals surface area contributed by atoms with Gasteiger partial charge in [-0.3, -0.25) is 19.7 Å². The Morgan fingerprint density at radius 3 is 2.34 bits per heavy atom. The van der Waals surface area contributed by atoms with E-state index in [1.165, 1.54) is 29.2 Å². The topological polar surface area (TPSA) is 101 Å². The number of carbonyl (C=O) groups excluding carboxylic acids is 2. The van der Waals surface area contributed by atoms with Crippen molar-refractivity contribution in [1.29, 1.82) is 0 Å². The minimum Gasteiger partial charge on any atom is -0.507 e. The SMILES string of the molecule is CCCCN1C(=O)C(=O)/C(=C(\O)c2cccc([N+](=O)[O-])c2)C1c1ccc(C(C)(C)C)cc1. The monoisotopic (exact) mass is 436 g/mol. The van der Waals surface area contributed by atoms with Gasteiger partial charge in [0.25, 0.3) is 17.4 Å². The molecule has 1 N–H and O–H groups in total. The average Bonchev–Trinajstić information content (AvgIpc) is 3.01. The highest BCUT2D eigenvalue weighted by Crippen LogP contribution is 2.40. The molecule has 1 saturated heterocycles. The van der Waals surface area contributed by atoms with Gasteiger partial charge in [0, 0.05) is 24.2 Å². The second kappa shape index (κ2) is 8.94. The number of likely N-dealkylation sites (tertiary alicyclic amines) is 1. The lowest BCUT2D eigenvalue weighted by Crippen LogP contribution is -2.30. The number of rotatable bonds is 6.